The van der Waals surface area contributed by atoms with Crippen molar-refractivity contribution in [3.05, 3.63) is 18.4 Å². The van der Waals surface area contributed by atoms with E-state index in [1.54, 1.807) is 12.5 Å². The third kappa shape index (κ3) is 2.74. The van der Waals surface area contributed by atoms with Crippen molar-refractivity contribution in [1.82, 2.24) is 19.7 Å². The smallest absolute Gasteiger partial charge is 0.229 e. The largest absolute Gasteiger partial charge is 0.377 e. The van der Waals surface area contributed by atoms with Crippen LogP contribution in [0.25, 0.3) is 11.5 Å². The molecule has 0 saturated heterocycles. The molecular weight excluding hydrogens is 234 g/mol. The Morgan fingerprint density at radius 1 is 1.56 bits per heavy atom. The van der Waals surface area contributed by atoms with Crippen LogP contribution in [0.2, 0.25) is 0 Å². The van der Waals surface area contributed by atoms with Crippen LogP contribution in [0.15, 0.2) is 17.0 Å². The van der Waals surface area contributed by atoms with E-state index in [-0.39, 0.29) is 6.10 Å². The molecule has 0 saturated carbocycles. The fourth-order valence-electron chi connectivity index (χ4n) is 1.66. The zero-order valence-corrected chi connectivity index (χ0v) is 10.5. The maximum absolute atomic E-state index is 5.60. The zero-order valence-electron chi connectivity index (χ0n) is 10.5. The van der Waals surface area contributed by atoms with E-state index in [0.29, 0.717) is 31.3 Å². The maximum atomic E-state index is 5.60. The predicted molar refractivity (Wildman–Crippen MR) is 64.7 cm³/mol. The molecule has 18 heavy (non-hydrogen) atoms. The minimum Gasteiger partial charge on any atom is -0.377 e. The van der Waals surface area contributed by atoms with Crippen LogP contribution >= 0.6 is 0 Å². The third-order valence-electron chi connectivity index (χ3n) is 2.58. The van der Waals surface area contributed by atoms with E-state index in [1.807, 2.05) is 18.5 Å². The highest BCUT2D eigenvalue weighted by molar-refractivity contribution is 5.46. The summed E-state index contributed by atoms with van der Waals surface area (Å²) in [4.78, 5) is 8.32. The molecule has 1 atom stereocenters. The molecule has 1 unspecified atom stereocenters. The Kier molecular flexibility index (Phi) is 4.06. The Morgan fingerprint density at radius 2 is 2.39 bits per heavy atom. The summed E-state index contributed by atoms with van der Waals surface area (Å²) in [6, 6.07) is 0. The SMILES string of the molecule is CCOC(CN)Cc1nc(-c2cncn2C)no1. The molecule has 2 aromatic heterocycles. The lowest BCUT2D eigenvalue weighted by atomic mass is 10.2. The topological polar surface area (TPSA) is 92.0 Å². The van der Waals surface area contributed by atoms with Gasteiger partial charge in [-0.25, -0.2) is 4.98 Å². The number of ether oxygens (including phenoxy) is 1. The lowest BCUT2D eigenvalue weighted by molar-refractivity contribution is 0.0636. The summed E-state index contributed by atoms with van der Waals surface area (Å²) in [5.74, 6) is 1.05. The van der Waals surface area contributed by atoms with Crippen LogP contribution in [-0.2, 0) is 18.2 Å². The van der Waals surface area contributed by atoms with Crippen molar-refractivity contribution in [2.24, 2.45) is 12.8 Å². The second-order valence-corrected chi connectivity index (χ2v) is 3.92. The van der Waals surface area contributed by atoms with E-state index >= 15 is 0 Å². The van der Waals surface area contributed by atoms with E-state index < -0.39 is 0 Å². The molecule has 2 heterocycles. The Bertz CT molecular complexity index is 493. The minimum absolute atomic E-state index is 0.0881. The second-order valence-electron chi connectivity index (χ2n) is 3.92. The quantitative estimate of drug-likeness (QED) is 0.797. The summed E-state index contributed by atoms with van der Waals surface area (Å²) in [5.41, 5.74) is 6.41. The van der Waals surface area contributed by atoms with Gasteiger partial charge < -0.3 is 19.6 Å². The summed E-state index contributed by atoms with van der Waals surface area (Å²) in [6.45, 7) is 2.97. The van der Waals surface area contributed by atoms with E-state index in [2.05, 4.69) is 15.1 Å². The predicted octanol–water partition coefficient (Wildman–Crippen LogP) is 0.376. The second kappa shape index (κ2) is 5.74. The van der Waals surface area contributed by atoms with Crippen molar-refractivity contribution in [2.45, 2.75) is 19.4 Å². The first-order valence-electron chi connectivity index (χ1n) is 5.85. The van der Waals surface area contributed by atoms with Crippen LogP contribution in [0.3, 0.4) is 0 Å². The van der Waals surface area contributed by atoms with Gasteiger partial charge >= 0.3 is 0 Å². The van der Waals surface area contributed by atoms with Gasteiger partial charge in [0.2, 0.25) is 11.7 Å². The lowest BCUT2D eigenvalue weighted by Gasteiger charge is -2.11. The number of hydrogen-bond acceptors (Lipinski definition) is 6. The Labute approximate surface area is 105 Å². The van der Waals surface area contributed by atoms with E-state index in [1.165, 1.54) is 0 Å². The molecule has 0 aliphatic rings. The fraction of sp³-hybridized carbons (Fsp3) is 0.545. The van der Waals surface area contributed by atoms with Gasteiger partial charge in [0.05, 0.1) is 25.0 Å². The number of aryl methyl sites for hydroxylation is 1. The highest BCUT2D eigenvalue weighted by atomic mass is 16.5. The summed E-state index contributed by atoms with van der Waals surface area (Å²) in [5, 5.41) is 3.92. The van der Waals surface area contributed by atoms with Gasteiger partial charge in [-0.2, -0.15) is 4.98 Å². The van der Waals surface area contributed by atoms with Crippen LogP contribution < -0.4 is 5.73 Å². The number of aromatic nitrogens is 4. The van der Waals surface area contributed by atoms with Crippen LogP contribution in [0.4, 0.5) is 0 Å². The standard InChI is InChI=1S/C11H17N5O2/c1-3-17-8(5-12)4-10-14-11(15-18-10)9-6-13-7-16(9)2/h6-8H,3-5,12H2,1-2H3. The van der Waals surface area contributed by atoms with Crippen molar-refractivity contribution < 1.29 is 9.26 Å². The molecular formula is C11H17N5O2. The Morgan fingerprint density at radius 3 is 3.00 bits per heavy atom. The molecule has 7 nitrogen and oxygen atoms in total. The van der Waals surface area contributed by atoms with Gasteiger partial charge in [-0.15, -0.1) is 0 Å². The molecule has 7 heteroatoms. The van der Waals surface area contributed by atoms with Crippen molar-refractivity contribution in [2.75, 3.05) is 13.2 Å². The molecule has 98 valence electrons. The maximum Gasteiger partial charge on any atom is 0.229 e. The van der Waals surface area contributed by atoms with Crippen molar-refractivity contribution in [3.63, 3.8) is 0 Å². The number of rotatable bonds is 6. The number of hydrogen-bond donors (Lipinski definition) is 1. The van der Waals surface area contributed by atoms with Gasteiger partial charge in [0.25, 0.3) is 0 Å². The number of nitrogens with zero attached hydrogens (tertiary/aromatic N) is 4. The number of nitrogens with two attached hydrogens (primary N) is 1. The highest BCUT2D eigenvalue weighted by Crippen LogP contribution is 2.14. The van der Waals surface area contributed by atoms with Crippen LogP contribution in [0.1, 0.15) is 12.8 Å². The third-order valence-corrected chi connectivity index (χ3v) is 2.58. The van der Waals surface area contributed by atoms with E-state index in [0.717, 1.165) is 5.69 Å². The molecule has 2 aromatic rings. The summed E-state index contributed by atoms with van der Waals surface area (Å²) in [7, 11) is 1.88. The van der Waals surface area contributed by atoms with E-state index in [4.69, 9.17) is 15.0 Å². The molecule has 0 spiro atoms. The molecule has 2 N–H and O–H groups in total. The summed E-state index contributed by atoms with van der Waals surface area (Å²) >= 11 is 0. The van der Waals surface area contributed by atoms with Crippen molar-refractivity contribution in [1.29, 1.82) is 0 Å². The van der Waals surface area contributed by atoms with Gasteiger partial charge in [0, 0.05) is 20.2 Å². The lowest BCUT2D eigenvalue weighted by Crippen LogP contribution is -2.26. The monoisotopic (exact) mass is 251 g/mol. The summed E-state index contributed by atoms with van der Waals surface area (Å²) < 4.78 is 12.5. The van der Waals surface area contributed by atoms with Gasteiger partial charge in [0.15, 0.2) is 0 Å². The fourth-order valence-corrected chi connectivity index (χ4v) is 1.66. The van der Waals surface area contributed by atoms with Gasteiger partial charge in [-0.05, 0) is 6.92 Å². The molecule has 0 bridgehead atoms. The van der Waals surface area contributed by atoms with Gasteiger partial charge in [-0.3, -0.25) is 0 Å². The van der Waals surface area contributed by atoms with Crippen molar-refractivity contribution >= 4 is 0 Å². The molecule has 2 rings (SSSR count). The van der Waals surface area contributed by atoms with Gasteiger partial charge in [-0.1, -0.05) is 5.16 Å². The molecule has 0 aliphatic carbocycles. The molecule has 0 radical (unpaired) electrons. The first-order chi connectivity index (χ1) is 8.74. The average Bonchev–Trinajstić information content (AvgIpc) is 2.97. The summed E-state index contributed by atoms with van der Waals surface area (Å²) in [6.07, 6.45) is 3.82. The molecule has 0 aromatic carbocycles. The Balaban J connectivity index is 2.09. The number of imidazole rings is 1. The molecule has 0 amide bonds. The normalized spacial score (nSPS) is 12.8. The van der Waals surface area contributed by atoms with Crippen LogP contribution in [-0.4, -0.2) is 38.9 Å². The van der Waals surface area contributed by atoms with Gasteiger partial charge in [0.1, 0.15) is 5.69 Å². The average molecular weight is 251 g/mol. The first kappa shape index (κ1) is 12.7. The zero-order chi connectivity index (χ0) is 13.0. The Hall–Kier alpha value is -1.73. The molecule has 0 fully saturated rings. The van der Waals surface area contributed by atoms with Crippen LogP contribution in [0.5, 0.6) is 0 Å². The first-order valence-corrected chi connectivity index (χ1v) is 5.85. The van der Waals surface area contributed by atoms with Crippen molar-refractivity contribution in [3.8, 4) is 11.5 Å². The highest BCUT2D eigenvalue weighted by Gasteiger charge is 2.15. The molecule has 0 aliphatic heterocycles. The van der Waals surface area contributed by atoms with Crippen LogP contribution in [0, 0.1) is 0 Å². The minimum atomic E-state index is -0.0881. The van der Waals surface area contributed by atoms with E-state index in [9.17, 15) is 0 Å².